The van der Waals surface area contributed by atoms with E-state index < -0.39 is 11.4 Å². The minimum atomic E-state index is -0.604. The Morgan fingerprint density at radius 2 is 1.75 bits per heavy atom. The van der Waals surface area contributed by atoms with Gasteiger partial charge in [0, 0.05) is 6.54 Å². The monoisotopic (exact) mass is 231 g/mol. The molecule has 1 heterocycles. The molecule has 1 aliphatic heterocycles. The zero-order valence-electron chi connectivity index (χ0n) is 10.9. The maximum atomic E-state index is 10.1. The van der Waals surface area contributed by atoms with Crippen LogP contribution >= 0.6 is 0 Å². The molecule has 0 spiro atoms. The molecule has 1 saturated heterocycles. The van der Waals surface area contributed by atoms with Crippen LogP contribution in [0.2, 0.25) is 0 Å². The Morgan fingerprint density at radius 3 is 2.19 bits per heavy atom. The van der Waals surface area contributed by atoms with Crippen LogP contribution in [0.5, 0.6) is 0 Å². The van der Waals surface area contributed by atoms with E-state index in [2.05, 4.69) is 5.32 Å². The Morgan fingerprint density at radius 1 is 1.25 bits per heavy atom. The van der Waals surface area contributed by atoms with Crippen molar-refractivity contribution in [3.05, 3.63) is 0 Å². The highest BCUT2D eigenvalue weighted by atomic mass is 16.7. The number of nitrogens with one attached hydrogen (secondary N) is 1. The summed E-state index contributed by atoms with van der Waals surface area (Å²) < 4.78 is 11.1. The summed E-state index contributed by atoms with van der Waals surface area (Å²) in [6.07, 6.45) is 1.52. The van der Waals surface area contributed by atoms with Crippen LogP contribution in [-0.2, 0) is 9.47 Å². The molecule has 0 amide bonds. The molecule has 0 saturated carbocycles. The molecule has 4 nitrogen and oxygen atoms in total. The molecule has 0 aromatic heterocycles. The SMILES string of the molecule is CCC(O)(CC)CNC1COC(C)(C)OC1. The third-order valence-electron chi connectivity index (χ3n) is 3.30. The highest BCUT2D eigenvalue weighted by molar-refractivity contribution is 4.81. The number of ether oxygens (including phenoxy) is 2. The van der Waals surface area contributed by atoms with Crippen LogP contribution in [0.3, 0.4) is 0 Å². The molecule has 96 valence electrons. The van der Waals surface area contributed by atoms with Gasteiger partial charge in [0.25, 0.3) is 0 Å². The lowest BCUT2D eigenvalue weighted by Crippen LogP contribution is -2.52. The standard InChI is InChI=1S/C12H25NO3/c1-5-12(14,6-2)9-13-10-7-15-11(3,4)16-8-10/h10,13-14H,5-9H2,1-4H3. The smallest absolute Gasteiger partial charge is 0.162 e. The van der Waals surface area contributed by atoms with Crippen LogP contribution in [0, 0.1) is 0 Å². The van der Waals surface area contributed by atoms with E-state index in [9.17, 15) is 5.11 Å². The molecule has 0 radical (unpaired) electrons. The number of rotatable bonds is 5. The van der Waals surface area contributed by atoms with E-state index in [-0.39, 0.29) is 6.04 Å². The zero-order chi connectivity index (χ0) is 12.2. The van der Waals surface area contributed by atoms with E-state index >= 15 is 0 Å². The van der Waals surface area contributed by atoms with Gasteiger partial charge in [-0.25, -0.2) is 0 Å². The number of aliphatic hydroxyl groups is 1. The number of hydrogen-bond donors (Lipinski definition) is 2. The van der Waals surface area contributed by atoms with Crippen molar-refractivity contribution in [2.45, 2.75) is 58.0 Å². The molecule has 0 aromatic rings. The van der Waals surface area contributed by atoms with Crippen molar-refractivity contribution in [1.29, 1.82) is 0 Å². The van der Waals surface area contributed by atoms with Crippen molar-refractivity contribution in [2.24, 2.45) is 0 Å². The second kappa shape index (κ2) is 5.45. The Kier molecular flexibility index (Phi) is 4.73. The van der Waals surface area contributed by atoms with Crippen molar-refractivity contribution in [3.8, 4) is 0 Å². The Bertz CT molecular complexity index is 204. The fraction of sp³-hybridized carbons (Fsp3) is 1.00. The van der Waals surface area contributed by atoms with Gasteiger partial charge in [-0.3, -0.25) is 0 Å². The lowest BCUT2D eigenvalue weighted by atomic mass is 9.97. The summed E-state index contributed by atoms with van der Waals surface area (Å²) in [6, 6.07) is 0.178. The van der Waals surface area contributed by atoms with Crippen LogP contribution in [-0.4, -0.2) is 42.3 Å². The maximum absolute atomic E-state index is 10.1. The molecule has 1 rings (SSSR count). The fourth-order valence-electron chi connectivity index (χ4n) is 1.64. The van der Waals surface area contributed by atoms with E-state index in [4.69, 9.17) is 9.47 Å². The van der Waals surface area contributed by atoms with Crippen molar-refractivity contribution in [1.82, 2.24) is 5.32 Å². The highest BCUT2D eigenvalue weighted by Gasteiger charge is 2.30. The van der Waals surface area contributed by atoms with Gasteiger partial charge in [0.05, 0.1) is 24.9 Å². The van der Waals surface area contributed by atoms with Gasteiger partial charge < -0.3 is 19.9 Å². The van der Waals surface area contributed by atoms with E-state index in [1.54, 1.807) is 0 Å². The molecule has 1 fully saturated rings. The summed E-state index contributed by atoms with van der Waals surface area (Å²) in [7, 11) is 0. The van der Waals surface area contributed by atoms with Crippen molar-refractivity contribution in [2.75, 3.05) is 19.8 Å². The summed E-state index contributed by atoms with van der Waals surface area (Å²) in [5.41, 5.74) is -0.604. The maximum Gasteiger partial charge on any atom is 0.162 e. The van der Waals surface area contributed by atoms with Gasteiger partial charge in [-0.2, -0.15) is 0 Å². The Labute approximate surface area is 98.3 Å². The van der Waals surface area contributed by atoms with E-state index in [1.807, 2.05) is 27.7 Å². The summed E-state index contributed by atoms with van der Waals surface area (Å²) >= 11 is 0. The van der Waals surface area contributed by atoms with Gasteiger partial charge in [-0.15, -0.1) is 0 Å². The summed E-state index contributed by atoms with van der Waals surface area (Å²) in [4.78, 5) is 0. The first-order valence-electron chi connectivity index (χ1n) is 6.14. The predicted octanol–water partition coefficient (Wildman–Crippen LogP) is 1.28. The molecule has 0 unspecified atom stereocenters. The first-order chi connectivity index (χ1) is 7.41. The molecule has 0 aliphatic carbocycles. The second-order valence-electron chi connectivity index (χ2n) is 5.03. The van der Waals surface area contributed by atoms with Gasteiger partial charge in [0.2, 0.25) is 0 Å². The minimum absolute atomic E-state index is 0.178. The lowest BCUT2D eigenvalue weighted by Gasteiger charge is -2.36. The lowest BCUT2D eigenvalue weighted by molar-refractivity contribution is -0.253. The molecule has 4 heteroatoms. The summed E-state index contributed by atoms with van der Waals surface area (Å²) in [5, 5.41) is 13.4. The Balaban J connectivity index is 2.29. The molecular formula is C12H25NO3. The third-order valence-corrected chi connectivity index (χ3v) is 3.30. The average Bonchev–Trinajstić information content (AvgIpc) is 2.27. The third kappa shape index (κ3) is 4.01. The van der Waals surface area contributed by atoms with Gasteiger partial charge in [-0.05, 0) is 26.7 Å². The summed E-state index contributed by atoms with van der Waals surface area (Å²) in [6.45, 7) is 9.70. The number of hydrogen-bond acceptors (Lipinski definition) is 4. The Hall–Kier alpha value is -0.160. The van der Waals surface area contributed by atoms with Crippen molar-refractivity contribution >= 4 is 0 Å². The minimum Gasteiger partial charge on any atom is -0.389 e. The highest BCUT2D eigenvalue weighted by Crippen LogP contribution is 2.18. The molecule has 16 heavy (non-hydrogen) atoms. The summed E-state index contributed by atoms with van der Waals surface area (Å²) in [5.74, 6) is -0.468. The van der Waals surface area contributed by atoms with Gasteiger partial charge in [-0.1, -0.05) is 13.8 Å². The average molecular weight is 231 g/mol. The van der Waals surface area contributed by atoms with Gasteiger partial charge in [0.1, 0.15) is 0 Å². The zero-order valence-corrected chi connectivity index (χ0v) is 10.9. The van der Waals surface area contributed by atoms with Gasteiger partial charge in [0.15, 0.2) is 5.79 Å². The van der Waals surface area contributed by atoms with Crippen LogP contribution in [0.4, 0.5) is 0 Å². The quantitative estimate of drug-likeness (QED) is 0.748. The predicted molar refractivity (Wildman–Crippen MR) is 63.3 cm³/mol. The second-order valence-corrected chi connectivity index (χ2v) is 5.03. The van der Waals surface area contributed by atoms with E-state index in [1.165, 1.54) is 0 Å². The van der Waals surface area contributed by atoms with Crippen molar-refractivity contribution in [3.63, 3.8) is 0 Å². The molecule has 1 aliphatic rings. The van der Waals surface area contributed by atoms with Crippen molar-refractivity contribution < 1.29 is 14.6 Å². The first kappa shape index (κ1) is 13.9. The molecule has 0 aromatic carbocycles. The van der Waals surface area contributed by atoms with E-state index in [0.29, 0.717) is 19.8 Å². The molecule has 0 bridgehead atoms. The van der Waals surface area contributed by atoms with E-state index in [0.717, 1.165) is 12.8 Å². The molecule has 2 N–H and O–H groups in total. The normalized spacial score (nSPS) is 22.3. The molecular weight excluding hydrogens is 206 g/mol. The van der Waals surface area contributed by atoms with Crippen LogP contribution in [0.1, 0.15) is 40.5 Å². The topological polar surface area (TPSA) is 50.7 Å². The fourth-order valence-corrected chi connectivity index (χ4v) is 1.64. The molecule has 0 atom stereocenters. The van der Waals surface area contributed by atoms with Crippen LogP contribution in [0.25, 0.3) is 0 Å². The largest absolute Gasteiger partial charge is 0.389 e. The first-order valence-corrected chi connectivity index (χ1v) is 6.14. The van der Waals surface area contributed by atoms with Crippen LogP contribution < -0.4 is 5.32 Å². The van der Waals surface area contributed by atoms with Crippen LogP contribution in [0.15, 0.2) is 0 Å². The van der Waals surface area contributed by atoms with Gasteiger partial charge >= 0.3 is 0 Å².